The summed E-state index contributed by atoms with van der Waals surface area (Å²) >= 11 is 0. The highest BCUT2D eigenvalue weighted by Crippen LogP contribution is 2.23. The number of hydrogen-bond donors (Lipinski definition) is 1. The molecule has 0 amide bonds. The Morgan fingerprint density at radius 2 is 2.15 bits per heavy atom. The fourth-order valence-electron chi connectivity index (χ4n) is 2.45. The van der Waals surface area contributed by atoms with E-state index in [1.165, 1.54) is 0 Å². The highest BCUT2D eigenvalue weighted by atomic mass is 16.5. The summed E-state index contributed by atoms with van der Waals surface area (Å²) in [7, 11) is 1.68. The van der Waals surface area contributed by atoms with Gasteiger partial charge in [-0.15, -0.1) is 0 Å². The molecule has 1 aromatic rings. The molecule has 20 heavy (non-hydrogen) atoms. The van der Waals surface area contributed by atoms with E-state index in [0.29, 0.717) is 6.61 Å². The average Bonchev–Trinajstić information content (AvgIpc) is 2.52. The summed E-state index contributed by atoms with van der Waals surface area (Å²) < 4.78 is 5.17. The van der Waals surface area contributed by atoms with Gasteiger partial charge in [0.1, 0.15) is 0 Å². The van der Waals surface area contributed by atoms with E-state index in [1.807, 2.05) is 20.0 Å². The molecule has 0 spiro atoms. The van der Waals surface area contributed by atoms with Crippen LogP contribution in [0.3, 0.4) is 0 Å². The zero-order valence-corrected chi connectivity index (χ0v) is 13.2. The summed E-state index contributed by atoms with van der Waals surface area (Å²) in [4.78, 5) is 6.71. The second-order valence-electron chi connectivity index (χ2n) is 4.88. The third kappa shape index (κ3) is 4.46. The Hall–Kier alpha value is -1.13. The Labute approximate surface area is 122 Å². The predicted octanol–water partition coefficient (Wildman–Crippen LogP) is 2.50. The minimum atomic E-state index is -0.246. The highest BCUT2D eigenvalue weighted by Gasteiger charge is 2.27. The molecule has 2 rings (SSSR count). The van der Waals surface area contributed by atoms with Crippen molar-refractivity contribution in [1.29, 1.82) is 0 Å². The maximum atomic E-state index is 9.92. The molecule has 2 unspecified atom stereocenters. The van der Waals surface area contributed by atoms with Gasteiger partial charge in [0.2, 0.25) is 0 Å². The minimum Gasteiger partial charge on any atom is -0.393 e. The second kappa shape index (κ2) is 8.93. The molecule has 2 heterocycles. The quantitative estimate of drug-likeness (QED) is 0.920. The maximum Gasteiger partial charge on any atom is 0.0624 e. The van der Waals surface area contributed by atoms with Crippen molar-refractivity contribution in [2.75, 3.05) is 31.7 Å². The van der Waals surface area contributed by atoms with Gasteiger partial charge in [-0.3, -0.25) is 4.98 Å². The molecule has 0 saturated carbocycles. The van der Waals surface area contributed by atoms with Crippen molar-refractivity contribution in [2.24, 2.45) is 5.92 Å². The van der Waals surface area contributed by atoms with Crippen LogP contribution >= 0.6 is 0 Å². The van der Waals surface area contributed by atoms with E-state index < -0.39 is 0 Å². The van der Waals surface area contributed by atoms with Gasteiger partial charge in [0.15, 0.2) is 0 Å². The molecule has 0 aliphatic carbocycles. The third-order valence-electron chi connectivity index (χ3n) is 3.61. The van der Waals surface area contributed by atoms with E-state index in [4.69, 9.17) is 4.74 Å². The van der Waals surface area contributed by atoms with E-state index in [-0.39, 0.29) is 12.0 Å². The van der Waals surface area contributed by atoms with Crippen molar-refractivity contribution < 1.29 is 9.84 Å². The summed E-state index contributed by atoms with van der Waals surface area (Å²) in [6, 6.07) is 4.19. The van der Waals surface area contributed by atoms with Crippen LogP contribution in [0.15, 0.2) is 18.3 Å². The van der Waals surface area contributed by atoms with Crippen LogP contribution in [0, 0.1) is 5.92 Å². The summed E-state index contributed by atoms with van der Waals surface area (Å²) in [6.07, 6.45) is 3.44. The van der Waals surface area contributed by atoms with Gasteiger partial charge in [-0.25, -0.2) is 0 Å². The zero-order chi connectivity index (χ0) is 15.0. The summed E-state index contributed by atoms with van der Waals surface area (Å²) in [5.41, 5.74) is 2.25. The number of methoxy groups -OCH3 is 1. The average molecular weight is 280 g/mol. The Bertz CT molecular complexity index is 367. The van der Waals surface area contributed by atoms with Gasteiger partial charge < -0.3 is 14.7 Å². The first kappa shape index (κ1) is 16.9. The number of rotatable bonds is 4. The number of aromatic nitrogens is 1. The van der Waals surface area contributed by atoms with E-state index in [1.54, 1.807) is 7.11 Å². The molecule has 1 aliphatic heterocycles. The number of nitrogens with zero attached hydrogens (tertiary/aromatic N) is 2. The van der Waals surface area contributed by atoms with Crippen LogP contribution in [0.2, 0.25) is 0 Å². The monoisotopic (exact) mass is 280 g/mol. The lowest BCUT2D eigenvalue weighted by atomic mass is 9.95. The van der Waals surface area contributed by atoms with Gasteiger partial charge in [0, 0.05) is 31.8 Å². The SMILES string of the molecule is CC.CCc1ccc(N2CCC(O)C(COC)C2)cn1. The number of ether oxygens (including phenoxy) is 1. The molecule has 2 atom stereocenters. The summed E-state index contributed by atoms with van der Waals surface area (Å²) in [5.74, 6) is 0.189. The number of piperidine rings is 1. The van der Waals surface area contributed by atoms with E-state index in [2.05, 4.69) is 28.9 Å². The standard InChI is InChI=1S/C14H22N2O2.C2H6/c1-3-12-4-5-13(8-15-12)16-7-6-14(17)11(9-16)10-18-2;1-2/h4-5,8,11,14,17H,3,6-7,9-10H2,1-2H3;1-2H3. The smallest absolute Gasteiger partial charge is 0.0624 e. The van der Waals surface area contributed by atoms with Crippen molar-refractivity contribution in [3.63, 3.8) is 0 Å². The van der Waals surface area contributed by atoms with Crippen LogP contribution < -0.4 is 4.90 Å². The molecule has 0 aromatic carbocycles. The number of aliphatic hydroxyl groups is 1. The first-order valence-corrected chi connectivity index (χ1v) is 7.61. The van der Waals surface area contributed by atoms with Gasteiger partial charge in [0.25, 0.3) is 0 Å². The fraction of sp³-hybridized carbons (Fsp3) is 0.688. The lowest BCUT2D eigenvalue weighted by Crippen LogP contribution is -2.45. The van der Waals surface area contributed by atoms with Crippen molar-refractivity contribution in [1.82, 2.24) is 4.98 Å². The number of anilines is 1. The molecule has 1 N–H and O–H groups in total. The number of pyridine rings is 1. The molecular formula is C16H28N2O2. The van der Waals surface area contributed by atoms with Gasteiger partial charge in [-0.1, -0.05) is 20.8 Å². The molecule has 1 saturated heterocycles. The van der Waals surface area contributed by atoms with Crippen LogP contribution in [0.4, 0.5) is 5.69 Å². The molecule has 4 nitrogen and oxygen atoms in total. The number of aryl methyl sites for hydroxylation is 1. The van der Waals surface area contributed by atoms with Gasteiger partial charge >= 0.3 is 0 Å². The van der Waals surface area contributed by atoms with Gasteiger partial charge in [-0.05, 0) is 25.0 Å². The van der Waals surface area contributed by atoms with E-state index >= 15 is 0 Å². The molecule has 1 aromatic heterocycles. The lowest BCUT2D eigenvalue weighted by Gasteiger charge is -2.37. The van der Waals surface area contributed by atoms with Crippen LogP contribution in [0.1, 0.15) is 32.9 Å². The summed E-state index contributed by atoms with van der Waals surface area (Å²) in [6.45, 7) is 8.43. The molecule has 0 bridgehead atoms. The van der Waals surface area contributed by atoms with Gasteiger partial charge in [0.05, 0.1) is 24.6 Å². The third-order valence-corrected chi connectivity index (χ3v) is 3.61. The molecule has 1 aliphatic rings. The number of aliphatic hydroxyl groups excluding tert-OH is 1. The number of hydrogen-bond acceptors (Lipinski definition) is 4. The van der Waals surface area contributed by atoms with Crippen molar-refractivity contribution in [3.05, 3.63) is 24.0 Å². The zero-order valence-electron chi connectivity index (χ0n) is 13.2. The fourth-order valence-corrected chi connectivity index (χ4v) is 2.45. The van der Waals surface area contributed by atoms with Crippen LogP contribution in [-0.2, 0) is 11.2 Å². The normalized spacial score (nSPS) is 22.1. The first-order valence-electron chi connectivity index (χ1n) is 7.61. The van der Waals surface area contributed by atoms with Crippen LogP contribution in [0.5, 0.6) is 0 Å². The Morgan fingerprint density at radius 1 is 1.40 bits per heavy atom. The van der Waals surface area contributed by atoms with Crippen LogP contribution in [-0.4, -0.2) is 43.0 Å². The predicted molar refractivity (Wildman–Crippen MR) is 83.2 cm³/mol. The first-order chi connectivity index (χ1) is 9.74. The molecule has 114 valence electrons. The van der Waals surface area contributed by atoms with Gasteiger partial charge in [-0.2, -0.15) is 0 Å². The van der Waals surface area contributed by atoms with E-state index in [0.717, 1.165) is 37.3 Å². The Morgan fingerprint density at radius 3 is 2.70 bits per heavy atom. The van der Waals surface area contributed by atoms with E-state index in [9.17, 15) is 5.11 Å². The Balaban J connectivity index is 0.000000956. The van der Waals surface area contributed by atoms with Crippen LogP contribution in [0.25, 0.3) is 0 Å². The molecule has 0 radical (unpaired) electrons. The largest absolute Gasteiger partial charge is 0.393 e. The summed E-state index contributed by atoms with van der Waals surface area (Å²) in [5, 5.41) is 9.92. The molecule has 4 heteroatoms. The Kier molecular flexibility index (Phi) is 7.55. The molecule has 1 fully saturated rings. The highest BCUT2D eigenvalue weighted by molar-refractivity contribution is 5.45. The van der Waals surface area contributed by atoms with Crippen molar-refractivity contribution in [3.8, 4) is 0 Å². The van der Waals surface area contributed by atoms with Crippen molar-refractivity contribution >= 4 is 5.69 Å². The van der Waals surface area contributed by atoms with Crippen molar-refractivity contribution in [2.45, 2.75) is 39.7 Å². The molecular weight excluding hydrogens is 252 g/mol. The maximum absolute atomic E-state index is 9.92. The lowest BCUT2D eigenvalue weighted by molar-refractivity contribution is 0.0359. The second-order valence-corrected chi connectivity index (χ2v) is 4.88. The minimum absolute atomic E-state index is 0.189. The topological polar surface area (TPSA) is 45.6 Å².